The van der Waals surface area contributed by atoms with Gasteiger partial charge in [0.2, 0.25) is 5.91 Å². The fourth-order valence-electron chi connectivity index (χ4n) is 3.88. The molecule has 0 aliphatic carbocycles. The standard InChI is InChI=1S/C22H27N5O3S/c28-20(24-16-13-23-26(14-16)15-17-7-6-12-30-17)10-2-1-5-11-27-21(29)18-8-3-4-9-19(18)25-22(27)31/h3-4,8-9,13-14,17H,1-2,5-7,10-12,15H2,(H,24,28)(H,25,31)/t17-/m1/s1. The molecule has 0 spiro atoms. The minimum Gasteiger partial charge on any atom is -0.376 e. The highest BCUT2D eigenvalue weighted by atomic mass is 32.1. The molecule has 9 heteroatoms. The molecule has 0 saturated carbocycles. The first-order chi connectivity index (χ1) is 15.1. The zero-order valence-corrected chi connectivity index (χ0v) is 18.2. The molecule has 0 bridgehead atoms. The van der Waals surface area contributed by atoms with E-state index >= 15 is 0 Å². The fourth-order valence-corrected chi connectivity index (χ4v) is 4.17. The first-order valence-corrected chi connectivity index (χ1v) is 11.2. The Kier molecular flexibility index (Phi) is 6.93. The van der Waals surface area contributed by atoms with Crippen LogP contribution >= 0.6 is 12.2 Å². The molecule has 0 radical (unpaired) electrons. The number of rotatable bonds is 9. The normalized spacial score (nSPS) is 16.1. The molecular formula is C22H27N5O3S. The van der Waals surface area contributed by atoms with Crippen LogP contribution in [0.25, 0.3) is 10.9 Å². The topological polar surface area (TPSA) is 93.9 Å². The number of anilines is 1. The third-order valence-electron chi connectivity index (χ3n) is 5.51. The Morgan fingerprint density at radius 1 is 1.29 bits per heavy atom. The third kappa shape index (κ3) is 5.48. The zero-order chi connectivity index (χ0) is 21.6. The number of benzene rings is 1. The van der Waals surface area contributed by atoms with Crippen molar-refractivity contribution in [3.05, 3.63) is 51.8 Å². The van der Waals surface area contributed by atoms with Crippen molar-refractivity contribution < 1.29 is 9.53 Å². The largest absolute Gasteiger partial charge is 0.376 e. The summed E-state index contributed by atoms with van der Waals surface area (Å²) in [5.74, 6) is -0.0307. The van der Waals surface area contributed by atoms with E-state index in [4.69, 9.17) is 17.0 Å². The molecule has 3 aromatic rings. The van der Waals surface area contributed by atoms with Gasteiger partial charge in [-0.2, -0.15) is 5.10 Å². The molecule has 2 aromatic heterocycles. The fraction of sp³-hybridized carbons (Fsp3) is 0.455. The van der Waals surface area contributed by atoms with Crippen molar-refractivity contribution in [1.29, 1.82) is 0 Å². The van der Waals surface area contributed by atoms with E-state index in [1.54, 1.807) is 16.8 Å². The first-order valence-electron chi connectivity index (χ1n) is 10.8. The Labute approximate surface area is 185 Å². The van der Waals surface area contributed by atoms with E-state index in [2.05, 4.69) is 15.4 Å². The van der Waals surface area contributed by atoms with Crippen LogP contribution in [0.4, 0.5) is 5.69 Å². The van der Waals surface area contributed by atoms with Gasteiger partial charge in [-0.15, -0.1) is 0 Å². The highest BCUT2D eigenvalue weighted by Crippen LogP contribution is 2.15. The Morgan fingerprint density at radius 3 is 3.00 bits per heavy atom. The number of H-pyrrole nitrogens is 1. The third-order valence-corrected chi connectivity index (χ3v) is 5.83. The van der Waals surface area contributed by atoms with E-state index in [1.807, 2.05) is 29.1 Å². The molecule has 8 nitrogen and oxygen atoms in total. The lowest BCUT2D eigenvalue weighted by Crippen LogP contribution is -2.22. The predicted octanol–water partition coefficient (Wildman–Crippen LogP) is 3.63. The van der Waals surface area contributed by atoms with Gasteiger partial charge in [-0.05, 0) is 50.0 Å². The summed E-state index contributed by atoms with van der Waals surface area (Å²) < 4.78 is 9.46. The monoisotopic (exact) mass is 441 g/mol. The van der Waals surface area contributed by atoms with Gasteiger partial charge in [0.25, 0.3) is 5.56 Å². The van der Waals surface area contributed by atoms with Crippen LogP contribution < -0.4 is 10.9 Å². The average Bonchev–Trinajstić information content (AvgIpc) is 3.42. The molecule has 1 aliphatic heterocycles. The molecule has 1 aromatic carbocycles. The summed E-state index contributed by atoms with van der Waals surface area (Å²) in [4.78, 5) is 27.9. The smallest absolute Gasteiger partial charge is 0.262 e. The van der Waals surface area contributed by atoms with Crippen LogP contribution in [0.15, 0.2) is 41.5 Å². The Morgan fingerprint density at radius 2 is 2.16 bits per heavy atom. The Bertz CT molecular complexity index is 1160. The minimum absolute atomic E-state index is 0.0307. The number of carbonyl (C=O) groups is 1. The molecule has 0 unspecified atom stereocenters. The zero-order valence-electron chi connectivity index (χ0n) is 17.4. The van der Waals surface area contributed by atoms with Crippen molar-refractivity contribution >= 4 is 34.7 Å². The number of carbonyl (C=O) groups excluding carboxylic acids is 1. The number of aromatic nitrogens is 4. The SMILES string of the molecule is O=C(CCCCCn1c(=S)[nH]c2ccccc2c1=O)Nc1cnn(C[C@H]2CCCO2)c1. The number of hydrogen-bond acceptors (Lipinski definition) is 5. The molecule has 1 amide bonds. The van der Waals surface area contributed by atoms with Gasteiger partial charge in [0, 0.05) is 25.8 Å². The number of hydrogen-bond donors (Lipinski definition) is 2. The Balaban J connectivity index is 1.20. The molecule has 2 N–H and O–H groups in total. The summed E-state index contributed by atoms with van der Waals surface area (Å²) in [5.41, 5.74) is 1.39. The van der Waals surface area contributed by atoms with Crippen LogP contribution in [-0.4, -0.2) is 37.9 Å². The van der Waals surface area contributed by atoms with E-state index in [-0.39, 0.29) is 17.6 Å². The van der Waals surface area contributed by atoms with Crippen molar-refractivity contribution in [3.63, 3.8) is 0 Å². The highest BCUT2D eigenvalue weighted by molar-refractivity contribution is 7.71. The van der Waals surface area contributed by atoms with Gasteiger partial charge in [-0.1, -0.05) is 18.6 Å². The lowest BCUT2D eigenvalue weighted by molar-refractivity contribution is -0.116. The van der Waals surface area contributed by atoms with Gasteiger partial charge < -0.3 is 15.0 Å². The van der Waals surface area contributed by atoms with Gasteiger partial charge in [0.05, 0.1) is 35.4 Å². The van der Waals surface area contributed by atoms with E-state index in [0.717, 1.165) is 44.2 Å². The van der Waals surface area contributed by atoms with Crippen LogP contribution in [0.2, 0.25) is 0 Å². The van der Waals surface area contributed by atoms with Gasteiger partial charge in [0.1, 0.15) is 0 Å². The van der Waals surface area contributed by atoms with Crippen molar-refractivity contribution in [1.82, 2.24) is 19.3 Å². The van der Waals surface area contributed by atoms with E-state index in [1.165, 1.54) is 0 Å². The molecule has 164 valence electrons. The molecular weight excluding hydrogens is 414 g/mol. The summed E-state index contributed by atoms with van der Waals surface area (Å²) in [6.45, 7) is 2.07. The molecule has 1 fully saturated rings. The van der Waals surface area contributed by atoms with Crippen molar-refractivity contribution in [3.8, 4) is 0 Å². The maximum Gasteiger partial charge on any atom is 0.262 e. The number of fused-ring (bicyclic) bond motifs is 1. The number of nitrogens with zero attached hydrogens (tertiary/aromatic N) is 3. The van der Waals surface area contributed by atoms with E-state index < -0.39 is 0 Å². The number of amides is 1. The van der Waals surface area contributed by atoms with Crippen LogP contribution in [0.1, 0.15) is 38.5 Å². The molecule has 1 aliphatic rings. The van der Waals surface area contributed by atoms with Gasteiger partial charge in [-0.25, -0.2) is 0 Å². The van der Waals surface area contributed by atoms with Crippen LogP contribution in [0, 0.1) is 4.77 Å². The van der Waals surface area contributed by atoms with Gasteiger partial charge in [-0.3, -0.25) is 18.8 Å². The second kappa shape index (κ2) is 10.0. The molecule has 1 saturated heterocycles. The van der Waals surface area contributed by atoms with Crippen molar-refractivity contribution in [2.75, 3.05) is 11.9 Å². The maximum absolute atomic E-state index is 12.6. The number of para-hydroxylation sites is 1. The number of ether oxygens (including phenoxy) is 1. The van der Waals surface area contributed by atoms with Crippen LogP contribution in [0.5, 0.6) is 0 Å². The van der Waals surface area contributed by atoms with Gasteiger partial charge >= 0.3 is 0 Å². The van der Waals surface area contributed by atoms with E-state index in [9.17, 15) is 9.59 Å². The lowest BCUT2D eigenvalue weighted by atomic mass is 10.2. The Hall–Kier alpha value is -2.78. The maximum atomic E-state index is 12.6. The highest BCUT2D eigenvalue weighted by Gasteiger charge is 2.16. The second-order valence-corrected chi connectivity index (χ2v) is 8.26. The van der Waals surface area contributed by atoms with Crippen molar-refractivity contribution in [2.24, 2.45) is 0 Å². The van der Waals surface area contributed by atoms with Crippen LogP contribution in [-0.2, 0) is 22.6 Å². The predicted molar refractivity (Wildman–Crippen MR) is 122 cm³/mol. The van der Waals surface area contributed by atoms with E-state index in [0.29, 0.717) is 35.4 Å². The average molecular weight is 442 g/mol. The number of aromatic amines is 1. The summed E-state index contributed by atoms with van der Waals surface area (Å²) in [6.07, 6.45) is 8.66. The second-order valence-electron chi connectivity index (χ2n) is 7.88. The number of unbranched alkanes of at least 4 members (excludes halogenated alkanes) is 2. The summed E-state index contributed by atoms with van der Waals surface area (Å²) in [6, 6.07) is 7.36. The van der Waals surface area contributed by atoms with Gasteiger partial charge in [0.15, 0.2) is 4.77 Å². The minimum atomic E-state index is -0.0721. The quantitative estimate of drug-likeness (QED) is 0.391. The molecule has 3 heterocycles. The van der Waals surface area contributed by atoms with Crippen molar-refractivity contribution in [2.45, 2.75) is 57.7 Å². The molecule has 1 atom stereocenters. The summed E-state index contributed by atoms with van der Waals surface area (Å²) in [7, 11) is 0. The van der Waals surface area contributed by atoms with Crippen LogP contribution in [0.3, 0.4) is 0 Å². The lowest BCUT2D eigenvalue weighted by Gasteiger charge is -2.08. The summed E-state index contributed by atoms with van der Waals surface area (Å²) in [5, 5.41) is 7.82. The summed E-state index contributed by atoms with van der Waals surface area (Å²) >= 11 is 5.33. The first kappa shape index (κ1) is 21.5. The molecule has 31 heavy (non-hydrogen) atoms. The number of nitrogens with one attached hydrogen (secondary N) is 2. The molecule has 4 rings (SSSR count).